The molecule has 3 N–H and O–H groups in total. The molecule has 0 spiro atoms. The van der Waals surface area contributed by atoms with Crippen molar-refractivity contribution in [2.75, 3.05) is 24.2 Å². The van der Waals surface area contributed by atoms with E-state index in [0.717, 1.165) is 0 Å². The van der Waals surface area contributed by atoms with Crippen LogP contribution in [0.5, 0.6) is 0 Å². The van der Waals surface area contributed by atoms with Crippen LogP contribution in [-0.2, 0) is 4.79 Å². The summed E-state index contributed by atoms with van der Waals surface area (Å²) < 4.78 is 12.8. The Labute approximate surface area is 148 Å². The number of pyridine rings is 1. The number of amides is 2. The Balaban J connectivity index is 1.83. The van der Waals surface area contributed by atoms with Gasteiger partial charge in [-0.15, -0.1) is 0 Å². The molecule has 8 heteroatoms. The molecule has 132 valence electrons. The number of aromatic nitrogens is 1. The third kappa shape index (κ3) is 6.52. The van der Waals surface area contributed by atoms with Gasteiger partial charge in [0.2, 0.25) is 5.91 Å². The standard InChI is InChI=1S/C17H18FN3O3S/c18-13-3-5-14(6-4-13)21-17(24)12-2-7-16(20-10-12)25-11-15(23)19-8-1-9-22/h2-7,10,22H,1,8-9,11H2,(H,19,23)(H,21,24). The van der Waals surface area contributed by atoms with Crippen molar-refractivity contribution in [3.8, 4) is 0 Å². The zero-order valence-electron chi connectivity index (χ0n) is 13.4. The molecular weight excluding hydrogens is 345 g/mol. The van der Waals surface area contributed by atoms with Crippen LogP contribution in [0.2, 0.25) is 0 Å². The third-order valence-corrected chi connectivity index (χ3v) is 4.05. The van der Waals surface area contributed by atoms with Gasteiger partial charge in [-0.3, -0.25) is 9.59 Å². The fraction of sp³-hybridized carbons (Fsp3) is 0.235. The molecule has 0 saturated heterocycles. The van der Waals surface area contributed by atoms with Crippen LogP contribution < -0.4 is 10.6 Å². The van der Waals surface area contributed by atoms with E-state index in [1.54, 1.807) is 12.1 Å². The number of benzene rings is 1. The van der Waals surface area contributed by atoms with Crippen LogP contribution in [0, 0.1) is 5.82 Å². The van der Waals surface area contributed by atoms with Gasteiger partial charge in [0.15, 0.2) is 0 Å². The first kappa shape index (κ1) is 18.9. The summed E-state index contributed by atoms with van der Waals surface area (Å²) >= 11 is 1.25. The summed E-state index contributed by atoms with van der Waals surface area (Å²) in [6.07, 6.45) is 1.94. The van der Waals surface area contributed by atoms with Crippen LogP contribution in [0.4, 0.5) is 10.1 Å². The monoisotopic (exact) mass is 363 g/mol. The third-order valence-electron chi connectivity index (χ3n) is 3.11. The molecule has 2 rings (SSSR count). The molecule has 1 heterocycles. The molecule has 2 aromatic rings. The van der Waals surface area contributed by atoms with Gasteiger partial charge in [0.05, 0.1) is 16.3 Å². The number of hydrogen-bond donors (Lipinski definition) is 3. The van der Waals surface area contributed by atoms with Gasteiger partial charge in [0, 0.05) is 25.0 Å². The lowest BCUT2D eigenvalue weighted by Crippen LogP contribution is -2.26. The molecule has 0 aliphatic rings. The second-order valence-electron chi connectivity index (χ2n) is 5.06. The van der Waals surface area contributed by atoms with Gasteiger partial charge in [0.25, 0.3) is 5.91 Å². The number of aliphatic hydroxyl groups excluding tert-OH is 1. The van der Waals surface area contributed by atoms with Gasteiger partial charge in [0.1, 0.15) is 5.82 Å². The summed E-state index contributed by atoms with van der Waals surface area (Å²) in [5.74, 6) is -0.656. The summed E-state index contributed by atoms with van der Waals surface area (Å²) in [5.41, 5.74) is 0.852. The van der Waals surface area contributed by atoms with E-state index in [4.69, 9.17) is 5.11 Å². The molecule has 0 atom stereocenters. The number of hydrogen-bond acceptors (Lipinski definition) is 5. The van der Waals surface area contributed by atoms with Crippen molar-refractivity contribution >= 4 is 29.3 Å². The van der Waals surface area contributed by atoms with Gasteiger partial charge >= 0.3 is 0 Å². The first-order valence-corrected chi connectivity index (χ1v) is 8.60. The molecule has 1 aromatic carbocycles. The Morgan fingerprint density at radius 2 is 1.92 bits per heavy atom. The average molecular weight is 363 g/mol. The maximum atomic E-state index is 12.8. The minimum atomic E-state index is -0.374. The van der Waals surface area contributed by atoms with E-state index in [2.05, 4.69) is 15.6 Å². The van der Waals surface area contributed by atoms with E-state index in [0.29, 0.717) is 29.2 Å². The second kappa shape index (κ2) is 9.75. The van der Waals surface area contributed by atoms with E-state index in [1.807, 2.05) is 0 Å². The molecule has 0 saturated carbocycles. The molecular formula is C17H18FN3O3S. The summed E-state index contributed by atoms with van der Waals surface area (Å²) in [6, 6.07) is 8.74. The zero-order valence-corrected chi connectivity index (χ0v) is 14.2. The largest absolute Gasteiger partial charge is 0.396 e. The smallest absolute Gasteiger partial charge is 0.257 e. The van der Waals surface area contributed by atoms with E-state index < -0.39 is 0 Å². The number of carbonyl (C=O) groups is 2. The molecule has 0 radical (unpaired) electrons. The lowest BCUT2D eigenvalue weighted by atomic mass is 10.2. The quantitative estimate of drug-likeness (QED) is 0.493. The molecule has 0 unspecified atom stereocenters. The summed E-state index contributed by atoms with van der Waals surface area (Å²) in [4.78, 5) is 27.8. The highest BCUT2D eigenvalue weighted by Gasteiger charge is 2.08. The topological polar surface area (TPSA) is 91.3 Å². The Bertz CT molecular complexity index is 708. The Hall–Kier alpha value is -2.45. The summed E-state index contributed by atoms with van der Waals surface area (Å²) in [7, 11) is 0. The molecule has 0 fully saturated rings. The number of thioether (sulfide) groups is 1. The normalized spacial score (nSPS) is 10.3. The first-order chi connectivity index (χ1) is 12.1. The lowest BCUT2D eigenvalue weighted by molar-refractivity contribution is -0.118. The van der Waals surface area contributed by atoms with Crippen LogP contribution in [-0.4, -0.2) is 40.8 Å². The Kier molecular flexibility index (Phi) is 7.36. The minimum absolute atomic E-state index is 0.0381. The van der Waals surface area contributed by atoms with E-state index in [9.17, 15) is 14.0 Å². The van der Waals surface area contributed by atoms with E-state index in [1.165, 1.54) is 42.2 Å². The fourth-order valence-corrected chi connectivity index (χ4v) is 2.51. The van der Waals surface area contributed by atoms with Crippen molar-refractivity contribution in [2.24, 2.45) is 0 Å². The van der Waals surface area contributed by atoms with Crippen LogP contribution in [0.1, 0.15) is 16.8 Å². The summed E-state index contributed by atoms with van der Waals surface area (Å²) in [6.45, 7) is 0.474. The van der Waals surface area contributed by atoms with Gasteiger partial charge in [-0.2, -0.15) is 0 Å². The summed E-state index contributed by atoms with van der Waals surface area (Å²) in [5, 5.41) is 14.6. The van der Waals surface area contributed by atoms with Gasteiger partial charge in [-0.25, -0.2) is 9.37 Å². The molecule has 1 aromatic heterocycles. The molecule has 2 amide bonds. The molecule has 25 heavy (non-hydrogen) atoms. The number of carbonyl (C=O) groups excluding carboxylic acids is 2. The minimum Gasteiger partial charge on any atom is -0.396 e. The molecule has 0 bridgehead atoms. The highest BCUT2D eigenvalue weighted by Crippen LogP contribution is 2.16. The predicted molar refractivity (Wildman–Crippen MR) is 94.0 cm³/mol. The van der Waals surface area contributed by atoms with E-state index >= 15 is 0 Å². The van der Waals surface area contributed by atoms with Gasteiger partial charge in [-0.1, -0.05) is 11.8 Å². The number of nitrogens with one attached hydrogen (secondary N) is 2. The second-order valence-corrected chi connectivity index (χ2v) is 6.06. The zero-order chi connectivity index (χ0) is 18.1. The fourth-order valence-electron chi connectivity index (χ4n) is 1.83. The van der Waals surface area contributed by atoms with Gasteiger partial charge in [-0.05, 0) is 42.8 Å². The predicted octanol–water partition coefficient (Wildman–Crippen LogP) is 2.06. The van der Waals surface area contributed by atoms with Crippen LogP contribution in [0.25, 0.3) is 0 Å². The first-order valence-electron chi connectivity index (χ1n) is 7.62. The van der Waals surface area contributed by atoms with Crippen molar-refractivity contribution in [1.82, 2.24) is 10.3 Å². The molecule has 6 nitrogen and oxygen atoms in total. The highest BCUT2D eigenvalue weighted by atomic mass is 32.2. The van der Waals surface area contributed by atoms with Gasteiger partial charge < -0.3 is 15.7 Å². The Morgan fingerprint density at radius 1 is 1.16 bits per heavy atom. The number of rotatable bonds is 8. The van der Waals surface area contributed by atoms with Crippen molar-refractivity contribution in [3.63, 3.8) is 0 Å². The highest BCUT2D eigenvalue weighted by molar-refractivity contribution is 7.99. The SMILES string of the molecule is O=C(CSc1ccc(C(=O)Nc2ccc(F)cc2)cn1)NCCCO. The average Bonchev–Trinajstić information content (AvgIpc) is 2.62. The maximum absolute atomic E-state index is 12.8. The van der Waals surface area contributed by atoms with Crippen LogP contribution in [0.3, 0.4) is 0 Å². The number of nitrogens with zero attached hydrogens (tertiary/aromatic N) is 1. The number of aliphatic hydroxyl groups is 1. The van der Waals surface area contributed by atoms with Crippen LogP contribution >= 0.6 is 11.8 Å². The number of halogens is 1. The van der Waals surface area contributed by atoms with Crippen molar-refractivity contribution in [2.45, 2.75) is 11.4 Å². The van der Waals surface area contributed by atoms with Crippen molar-refractivity contribution < 1.29 is 19.1 Å². The number of anilines is 1. The van der Waals surface area contributed by atoms with E-state index in [-0.39, 0.29) is 30.0 Å². The maximum Gasteiger partial charge on any atom is 0.257 e. The lowest BCUT2D eigenvalue weighted by Gasteiger charge is -2.06. The van der Waals surface area contributed by atoms with Crippen LogP contribution in [0.15, 0.2) is 47.6 Å². The molecule has 0 aliphatic carbocycles. The Morgan fingerprint density at radius 3 is 2.56 bits per heavy atom. The molecule has 0 aliphatic heterocycles. The van der Waals surface area contributed by atoms with Crippen molar-refractivity contribution in [3.05, 3.63) is 54.0 Å². The van der Waals surface area contributed by atoms with Crippen molar-refractivity contribution in [1.29, 1.82) is 0 Å².